The minimum atomic E-state index is -0.307. The van der Waals surface area contributed by atoms with Crippen molar-refractivity contribution in [2.75, 3.05) is 20.6 Å². The Morgan fingerprint density at radius 1 is 1.30 bits per heavy atom. The fraction of sp³-hybridized carbons (Fsp3) is 0.250. The van der Waals surface area contributed by atoms with Gasteiger partial charge < -0.3 is 4.90 Å². The molecule has 0 spiro atoms. The molecule has 2 amide bonds. The SMILES string of the molecule is CN1CC(=O)N(C)C1=NC(=O)Cc1csc(-c2ccccc2)n1. The summed E-state index contributed by atoms with van der Waals surface area (Å²) >= 11 is 1.50. The van der Waals surface area contributed by atoms with Crippen LogP contribution in [0.15, 0.2) is 40.7 Å². The molecule has 0 radical (unpaired) electrons. The summed E-state index contributed by atoms with van der Waals surface area (Å²) in [5, 5.41) is 2.75. The van der Waals surface area contributed by atoms with E-state index in [0.717, 1.165) is 10.6 Å². The minimum Gasteiger partial charge on any atom is -0.336 e. The number of aliphatic imine (C=N–C) groups is 1. The van der Waals surface area contributed by atoms with Crippen LogP contribution in [0.5, 0.6) is 0 Å². The number of hydrogen-bond acceptors (Lipinski definition) is 4. The van der Waals surface area contributed by atoms with Crippen LogP contribution in [0.4, 0.5) is 0 Å². The van der Waals surface area contributed by atoms with Gasteiger partial charge in [-0.3, -0.25) is 14.5 Å². The van der Waals surface area contributed by atoms with Gasteiger partial charge in [-0.1, -0.05) is 30.3 Å². The molecule has 6 nitrogen and oxygen atoms in total. The molecular weight excluding hydrogens is 312 g/mol. The second kappa shape index (κ2) is 6.29. The van der Waals surface area contributed by atoms with Gasteiger partial charge in [0, 0.05) is 25.0 Å². The van der Waals surface area contributed by atoms with E-state index < -0.39 is 0 Å². The van der Waals surface area contributed by atoms with Gasteiger partial charge in [0.05, 0.1) is 18.7 Å². The number of guanidine groups is 1. The van der Waals surface area contributed by atoms with Gasteiger partial charge in [-0.05, 0) is 0 Å². The quantitative estimate of drug-likeness (QED) is 0.859. The largest absolute Gasteiger partial charge is 0.336 e. The first-order valence-corrected chi connectivity index (χ1v) is 8.01. The summed E-state index contributed by atoms with van der Waals surface area (Å²) in [6.45, 7) is 0.247. The zero-order valence-electron chi connectivity index (χ0n) is 12.9. The highest BCUT2D eigenvalue weighted by Crippen LogP contribution is 2.23. The zero-order valence-corrected chi connectivity index (χ0v) is 13.7. The molecule has 23 heavy (non-hydrogen) atoms. The van der Waals surface area contributed by atoms with Gasteiger partial charge >= 0.3 is 0 Å². The van der Waals surface area contributed by atoms with Crippen LogP contribution in [-0.2, 0) is 16.0 Å². The van der Waals surface area contributed by atoms with Crippen LogP contribution in [0.3, 0.4) is 0 Å². The molecule has 1 aromatic carbocycles. The Labute approximate surface area is 138 Å². The first kappa shape index (κ1) is 15.4. The highest BCUT2D eigenvalue weighted by molar-refractivity contribution is 7.13. The predicted molar refractivity (Wildman–Crippen MR) is 89.1 cm³/mol. The van der Waals surface area contributed by atoms with Crippen molar-refractivity contribution in [3.8, 4) is 10.6 Å². The molecule has 0 N–H and O–H groups in total. The van der Waals surface area contributed by atoms with Gasteiger partial charge in [0.15, 0.2) is 0 Å². The number of benzene rings is 1. The molecule has 1 saturated heterocycles. The lowest BCUT2D eigenvalue weighted by atomic mass is 10.2. The molecule has 3 rings (SSSR count). The first-order valence-electron chi connectivity index (χ1n) is 7.13. The maximum Gasteiger partial charge on any atom is 0.254 e. The van der Waals surface area contributed by atoms with E-state index in [0.29, 0.717) is 11.7 Å². The van der Waals surface area contributed by atoms with Gasteiger partial charge in [0.25, 0.3) is 5.91 Å². The van der Waals surface area contributed by atoms with Gasteiger partial charge in [0.1, 0.15) is 5.01 Å². The molecule has 1 aromatic heterocycles. The normalized spacial score (nSPS) is 16.4. The molecule has 0 aliphatic carbocycles. The average molecular weight is 328 g/mol. The summed E-state index contributed by atoms with van der Waals surface area (Å²) < 4.78 is 0. The van der Waals surface area contributed by atoms with Crippen molar-refractivity contribution in [2.24, 2.45) is 4.99 Å². The molecule has 1 fully saturated rings. The Kier molecular flexibility index (Phi) is 4.20. The van der Waals surface area contributed by atoms with E-state index in [9.17, 15) is 9.59 Å². The lowest BCUT2D eigenvalue weighted by Crippen LogP contribution is -2.30. The molecule has 1 aliphatic rings. The van der Waals surface area contributed by atoms with Crippen molar-refractivity contribution in [2.45, 2.75) is 6.42 Å². The number of amides is 2. The monoisotopic (exact) mass is 328 g/mol. The summed E-state index contributed by atoms with van der Waals surface area (Å²) in [4.78, 5) is 35.3. The Morgan fingerprint density at radius 3 is 2.70 bits per heavy atom. The van der Waals surface area contributed by atoms with E-state index in [1.165, 1.54) is 16.2 Å². The van der Waals surface area contributed by atoms with Crippen LogP contribution in [0.1, 0.15) is 5.69 Å². The summed E-state index contributed by atoms with van der Waals surface area (Å²) in [6, 6.07) is 9.83. The van der Waals surface area contributed by atoms with E-state index >= 15 is 0 Å². The Hall–Kier alpha value is -2.54. The Balaban J connectivity index is 1.72. The Bertz CT molecular complexity index is 769. The van der Waals surface area contributed by atoms with Crippen molar-refractivity contribution in [3.63, 3.8) is 0 Å². The van der Waals surface area contributed by atoms with Crippen molar-refractivity contribution >= 4 is 29.1 Å². The molecule has 2 heterocycles. The standard InChI is InChI=1S/C16H16N4O2S/c1-19-9-14(22)20(2)16(19)18-13(21)8-12-10-23-15(17-12)11-6-4-3-5-7-11/h3-7,10H,8-9H2,1-2H3. The molecular formula is C16H16N4O2S. The second-order valence-corrected chi connectivity index (χ2v) is 6.16. The lowest BCUT2D eigenvalue weighted by molar-refractivity contribution is -0.124. The maximum atomic E-state index is 12.1. The number of carbonyl (C=O) groups is 2. The van der Waals surface area contributed by atoms with Crippen LogP contribution in [0.2, 0.25) is 0 Å². The lowest BCUT2D eigenvalue weighted by Gasteiger charge is -2.12. The molecule has 1 aliphatic heterocycles. The van der Waals surface area contributed by atoms with Gasteiger partial charge in [-0.2, -0.15) is 4.99 Å². The summed E-state index contributed by atoms with van der Waals surface area (Å²) in [5.74, 6) is 0.0101. The predicted octanol–water partition coefficient (Wildman–Crippen LogP) is 1.64. The van der Waals surface area contributed by atoms with Crippen LogP contribution in [0.25, 0.3) is 10.6 Å². The van der Waals surface area contributed by atoms with Crippen LogP contribution in [0, 0.1) is 0 Å². The average Bonchev–Trinajstić information content (AvgIpc) is 3.09. The van der Waals surface area contributed by atoms with Crippen LogP contribution in [-0.4, -0.2) is 53.2 Å². The summed E-state index contributed by atoms with van der Waals surface area (Å²) in [7, 11) is 3.36. The third-order valence-electron chi connectivity index (χ3n) is 3.52. The fourth-order valence-electron chi connectivity index (χ4n) is 2.32. The first-order chi connectivity index (χ1) is 11.0. The minimum absolute atomic E-state index is 0.0703. The molecule has 0 atom stereocenters. The summed E-state index contributed by atoms with van der Waals surface area (Å²) in [5.41, 5.74) is 1.72. The van der Waals surface area contributed by atoms with Crippen molar-refractivity contribution in [1.82, 2.24) is 14.8 Å². The highest BCUT2D eigenvalue weighted by atomic mass is 32.1. The third kappa shape index (κ3) is 3.29. The van der Waals surface area contributed by atoms with Crippen molar-refractivity contribution in [3.05, 3.63) is 41.4 Å². The number of carbonyl (C=O) groups excluding carboxylic acids is 2. The number of rotatable bonds is 3. The van der Waals surface area contributed by atoms with Gasteiger partial charge in [0.2, 0.25) is 11.9 Å². The fourth-order valence-corrected chi connectivity index (χ4v) is 3.14. The van der Waals surface area contributed by atoms with E-state index in [-0.39, 0.29) is 24.8 Å². The smallest absolute Gasteiger partial charge is 0.254 e. The van der Waals surface area contributed by atoms with E-state index in [1.54, 1.807) is 19.0 Å². The summed E-state index contributed by atoms with van der Waals surface area (Å²) in [6.07, 6.45) is 0.128. The molecule has 0 unspecified atom stereocenters. The van der Waals surface area contributed by atoms with Crippen LogP contribution < -0.4 is 0 Å². The molecule has 7 heteroatoms. The maximum absolute atomic E-state index is 12.1. The van der Waals surface area contributed by atoms with Crippen molar-refractivity contribution < 1.29 is 9.59 Å². The van der Waals surface area contributed by atoms with Gasteiger partial charge in [-0.25, -0.2) is 4.98 Å². The molecule has 0 saturated carbocycles. The number of likely N-dealkylation sites (N-methyl/N-ethyl adjacent to an activating group) is 2. The molecule has 0 bridgehead atoms. The Morgan fingerprint density at radius 2 is 2.04 bits per heavy atom. The van der Waals surface area contributed by atoms with Crippen LogP contribution >= 0.6 is 11.3 Å². The van der Waals surface area contributed by atoms with Crippen molar-refractivity contribution in [1.29, 1.82) is 0 Å². The number of aromatic nitrogens is 1. The second-order valence-electron chi connectivity index (χ2n) is 5.30. The number of thiazole rings is 1. The van der Waals surface area contributed by atoms with Gasteiger partial charge in [-0.15, -0.1) is 11.3 Å². The molecule has 118 valence electrons. The number of nitrogens with zero attached hydrogens (tertiary/aromatic N) is 4. The van der Waals surface area contributed by atoms with E-state index in [4.69, 9.17) is 0 Å². The third-order valence-corrected chi connectivity index (χ3v) is 4.46. The molecule has 2 aromatic rings. The van der Waals surface area contributed by atoms with E-state index in [1.807, 2.05) is 35.7 Å². The van der Waals surface area contributed by atoms with E-state index in [2.05, 4.69) is 9.98 Å². The number of hydrogen-bond donors (Lipinski definition) is 0. The highest BCUT2D eigenvalue weighted by Gasteiger charge is 2.29. The topological polar surface area (TPSA) is 65.9 Å². The zero-order chi connectivity index (χ0) is 16.4.